The van der Waals surface area contributed by atoms with Gasteiger partial charge in [-0.05, 0) is 12.5 Å². The molecule has 0 radical (unpaired) electrons. The van der Waals surface area contributed by atoms with Gasteiger partial charge in [0.25, 0.3) is 0 Å². The minimum absolute atomic E-state index is 0.261. The fourth-order valence-corrected chi connectivity index (χ4v) is 5.72. The van der Waals surface area contributed by atoms with Crippen LogP contribution in [-0.2, 0) is 20.4 Å². The van der Waals surface area contributed by atoms with Crippen molar-refractivity contribution in [2.75, 3.05) is 24.0 Å². The van der Waals surface area contributed by atoms with Gasteiger partial charge < -0.3 is 21.7 Å². The van der Waals surface area contributed by atoms with Crippen molar-refractivity contribution in [3.8, 4) is 0 Å². The van der Waals surface area contributed by atoms with Crippen molar-refractivity contribution >= 4 is 46.3 Å². The summed E-state index contributed by atoms with van der Waals surface area (Å²) in [6, 6.07) is -2.62. The van der Waals surface area contributed by atoms with Crippen LogP contribution in [0, 0.1) is 0 Å². The molecule has 0 fully saturated rings. The van der Waals surface area contributed by atoms with Gasteiger partial charge in [0.05, 0.1) is 10.5 Å². The van der Waals surface area contributed by atoms with Gasteiger partial charge in [-0.15, -0.1) is 0 Å². The molecular formula is C10H20N2O5S3. The molecule has 4 atom stereocenters. The molecule has 0 aromatic heterocycles. The Morgan fingerprint density at radius 1 is 1.00 bits per heavy atom. The summed E-state index contributed by atoms with van der Waals surface area (Å²) in [6.07, 6.45) is 3.47. The van der Waals surface area contributed by atoms with Gasteiger partial charge in [0, 0.05) is 22.3 Å². The SMILES string of the molecule is CSCC([C@H](N)C(=O)O)S(=O)C(CSC)[C@H](N)C(=O)O. The van der Waals surface area contributed by atoms with E-state index in [1.54, 1.807) is 12.5 Å². The molecule has 0 spiro atoms. The van der Waals surface area contributed by atoms with Crippen LogP contribution in [0.25, 0.3) is 0 Å². The van der Waals surface area contributed by atoms with E-state index in [0.29, 0.717) is 0 Å². The molecule has 0 bridgehead atoms. The highest BCUT2D eigenvalue weighted by atomic mass is 32.2. The number of aliphatic carboxylic acids is 2. The molecule has 0 saturated heterocycles. The molecule has 0 aliphatic carbocycles. The average Bonchev–Trinajstić information content (AvgIpc) is 2.39. The van der Waals surface area contributed by atoms with Crippen molar-refractivity contribution in [1.82, 2.24) is 0 Å². The summed E-state index contributed by atoms with van der Waals surface area (Å²) in [6.45, 7) is 0. The van der Waals surface area contributed by atoms with E-state index in [1.165, 1.54) is 23.5 Å². The van der Waals surface area contributed by atoms with Crippen molar-refractivity contribution in [2.24, 2.45) is 11.5 Å². The van der Waals surface area contributed by atoms with E-state index < -0.39 is 45.3 Å². The summed E-state index contributed by atoms with van der Waals surface area (Å²) in [5, 5.41) is 16.2. The highest BCUT2D eigenvalue weighted by molar-refractivity contribution is 8.00. The number of rotatable bonds is 10. The van der Waals surface area contributed by atoms with Gasteiger partial charge in [-0.3, -0.25) is 13.8 Å². The Balaban J connectivity index is 5.24. The summed E-state index contributed by atoms with van der Waals surface area (Å²) in [5.74, 6) is -2.00. The van der Waals surface area contributed by atoms with E-state index in [0.717, 1.165) is 0 Å². The normalized spacial score (nSPS) is 18.8. The van der Waals surface area contributed by atoms with Crippen LogP contribution in [0.2, 0.25) is 0 Å². The van der Waals surface area contributed by atoms with Gasteiger partial charge in [0.2, 0.25) is 0 Å². The second-order valence-corrected chi connectivity index (χ2v) is 7.73. The molecule has 2 unspecified atom stereocenters. The molecule has 0 amide bonds. The lowest BCUT2D eigenvalue weighted by Gasteiger charge is -2.27. The largest absolute Gasteiger partial charge is 0.480 e. The lowest BCUT2D eigenvalue weighted by atomic mass is 10.2. The number of hydrogen-bond acceptors (Lipinski definition) is 7. The van der Waals surface area contributed by atoms with Crippen LogP contribution in [0.15, 0.2) is 0 Å². The average molecular weight is 344 g/mol. The third kappa shape index (κ3) is 5.60. The number of hydrogen-bond donors (Lipinski definition) is 4. The monoisotopic (exact) mass is 344 g/mol. The zero-order valence-electron chi connectivity index (χ0n) is 11.2. The van der Waals surface area contributed by atoms with Crippen molar-refractivity contribution < 1.29 is 24.0 Å². The van der Waals surface area contributed by atoms with Crippen LogP contribution in [-0.4, -0.2) is 73.0 Å². The molecule has 0 aromatic carbocycles. The summed E-state index contributed by atoms with van der Waals surface area (Å²) in [4.78, 5) is 22.0. The molecular weight excluding hydrogens is 324 g/mol. The molecule has 0 saturated carbocycles. The lowest BCUT2D eigenvalue weighted by Crippen LogP contribution is -2.53. The molecule has 0 heterocycles. The van der Waals surface area contributed by atoms with Crippen LogP contribution < -0.4 is 11.5 Å². The Labute approximate surface area is 128 Å². The maximum Gasteiger partial charge on any atom is 0.321 e. The van der Waals surface area contributed by atoms with Crippen LogP contribution >= 0.6 is 23.5 Å². The number of carbonyl (C=O) groups is 2. The van der Waals surface area contributed by atoms with E-state index in [-0.39, 0.29) is 11.5 Å². The molecule has 0 aliphatic rings. The first-order valence-corrected chi connectivity index (χ1v) is 9.68. The third-order valence-electron chi connectivity index (χ3n) is 2.63. The topological polar surface area (TPSA) is 144 Å². The van der Waals surface area contributed by atoms with Gasteiger partial charge >= 0.3 is 11.9 Å². The fourth-order valence-electron chi connectivity index (χ4n) is 1.50. The highest BCUT2D eigenvalue weighted by Gasteiger charge is 2.38. The Morgan fingerprint density at radius 2 is 1.30 bits per heavy atom. The molecule has 20 heavy (non-hydrogen) atoms. The molecule has 10 heteroatoms. The van der Waals surface area contributed by atoms with Crippen LogP contribution in [0.5, 0.6) is 0 Å². The number of nitrogens with two attached hydrogens (primary N) is 2. The molecule has 0 aromatic rings. The van der Waals surface area contributed by atoms with Gasteiger partial charge in [-0.1, -0.05) is 0 Å². The predicted octanol–water partition coefficient (Wildman–Crippen LogP) is -0.978. The summed E-state index contributed by atoms with van der Waals surface area (Å²) < 4.78 is 12.5. The second kappa shape index (κ2) is 9.61. The van der Waals surface area contributed by atoms with E-state index >= 15 is 0 Å². The lowest BCUT2D eigenvalue weighted by molar-refractivity contribution is -0.139. The zero-order chi connectivity index (χ0) is 15.9. The summed E-state index contributed by atoms with van der Waals surface area (Å²) >= 11 is 2.62. The Kier molecular flexibility index (Phi) is 9.47. The summed E-state index contributed by atoms with van der Waals surface area (Å²) in [5.41, 5.74) is 11.1. The van der Waals surface area contributed by atoms with Gasteiger partial charge in [0.1, 0.15) is 12.1 Å². The van der Waals surface area contributed by atoms with Crippen molar-refractivity contribution in [3.05, 3.63) is 0 Å². The number of thioether (sulfide) groups is 2. The fraction of sp³-hybridized carbons (Fsp3) is 0.800. The third-order valence-corrected chi connectivity index (χ3v) is 6.55. The van der Waals surface area contributed by atoms with Crippen LogP contribution in [0.1, 0.15) is 0 Å². The van der Waals surface area contributed by atoms with E-state index in [9.17, 15) is 13.8 Å². The first-order chi connectivity index (χ1) is 9.27. The maximum absolute atomic E-state index is 12.5. The maximum atomic E-state index is 12.5. The summed E-state index contributed by atoms with van der Waals surface area (Å²) in [7, 11) is -1.75. The van der Waals surface area contributed by atoms with E-state index in [1.807, 2.05) is 0 Å². The highest BCUT2D eigenvalue weighted by Crippen LogP contribution is 2.18. The molecule has 118 valence electrons. The molecule has 0 aliphatic heterocycles. The van der Waals surface area contributed by atoms with E-state index in [2.05, 4.69) is 0 Å². The Morgan fingerprint density at radius 3 is 1.50 bits per heavy atom. The zero-order valence-corrected chi connectivity index (χ0v) is 13.7. The van der Waals surface area contributed by atoms with Gasteiger partial charge in [-0.25, -0.2) is 0 Å². The Hall–Kier alpha value is -0.290. The smallest absolute Gasteiger partial charge is 0.321 e. The van der Waals surface area contributed by atoms with Crippen molar-refractivity contribution in [2.45, 2.75) is 22.6 Å². The second-order valence-electron chi connectivity index (χ2n) is 4.04. The van der Waals surface area contributed by atoms with E-state index in [4.69, 9.17) is 21.7 Å². The molecule has 7 nitrogen and oxygen atoms in total. The van der Waals surface area contributed by atoms with Crippen molar-refractivity contribution in [1.29, 1.82) is 0 Å². The van der Waals surface area contributed by atoms with Crippen molar-refractivity contribution in [3.63, 3.8) is 0 Å². The minimum Gasteiger partial charge on any atom is -0.480 e. The van der Waals surface area contributed by atoms with Gasteiger partial charge in [0.15, 0.2) is 0 Å². The number of carboxylic acids is 2. The first-order valence-electron chi connectivity index (χ1n) is 5.61. The predicted molar refractivity (Wildman–Crippen MR) is 83.7 cm³/mol. The quantitative estimate of drug-likeness (QED) is 0.393. The molecule has 0 rings (SSSR count). The minimum atomic E-state index is -1.75. The van der Waals surface area contributed by atoms with Crippen LogP contribution in [0.3, 0.4) is 0 Å². The first kappa shape index (κ1) is 19.7. The van der Waals surface area contributed by atoms with Gasteiger partial charge in [-0.2, -0.15) is 23.5 Å². The standard InChI is InChI=1S/C10H20N2O5S3/c1-18-3-5(7(11)9(13)14)20(17)6(4-19-2)8(12)10(15)16/h5-8H,3-4,11-12H2,1-2H3,(H,13,14)(H,15,16)/t5?,6?,7-,8-,20?/m0/s1. The Bertz CT molecular complexity index is 337. The number of carboxylic acid groups (broad SMARTS) is 2. The van der Waals surface area contributed by atoms with Crippen LogP contribution in [0.4, 0.5) is 0 Å². The molecule has 6 N–H and O–H groups in total.